The first kappa shape index (κ1) is 17.2. The van der Waals surface area contributed by atoms with E-state index in [1.807, 2.05) is 19.1 Å². The topological polar surface area (TPSA) is 41.6 Å². The van der Waals surface area contributed by atoms with Gasteiger partial charge in [-0.25, -0.2) is 0 Å². The molecule has 0 aliphatic carbocycles. The minimum atomic E-state index is -2.88. The number of anilines is 2. The number of aryl methyl sites for hydroxylation is 1. The summed E-state index contributed by atoms with van der Waals surface area (Å²) in [4.78, 5) is 14.7. The zero-order chi connectivity index (χ0) is 17.8. The molecule has 25 heavy (non-hydrogen) atoms. The molecule has 4 nitrogen and oxygen atoms in total. The lowest BCUT2D eigenvalue weighted by Gasteiger charge is -2.19. The molecule has 132 valence electrons. The number of amides is 1. The predicted octanol–water partition coefficient (Wildman–Crippen LogP) is 4.45. The van der Waals surface area contributed by atoms with Crippen molar-refractivity contribution < 1.29 is 18.3 Å². The highest BCUT2D eigenvalue weighted by atomic mass is 19.3. The largest absolute Gasteiger partial charge is 0.435 e. The smallest absolute Gasteiger partial charge is 0.387 e. The standard InChI is InChI=1S/C19H20F2N2O2/c1-13-12-15(23-10-2-3-11-23)6-9-17(13)22-18(24)14-4-7-16(8-5-14)25-19(20)21/h4-9,12,19H,2-3,10-11H2,1H3,(H,22,24). The quantitative estimate of drug-likeness (QED) is 0.870. The number of carbonyl (C=O) groups excluding carboxylic acids is 1. The molecule has 0 radical (unpaired) electrons. The molecule has 1 aliphatic rings. The van der Waals surface area contributed by atoms with Crippen LogP contribution in [0.2, 0.25) is 0 Å². The van der Waals surface area contributed by atoms with E-state index in [0.717, 1.165) is 24.3 Å². The lowest BCUT2D eigenvalue weighted by molar-refractivity contribution is -0.0498. The fraction of sp³-hybridized carbons (Fsp3) is 0.316. The highest BCUT2D eigenvalue weighted by Crippen LogP contribution is 2.26. The van der Waals surface area contributed by atoms with Crippen LogP contribution in [0.5, 0.6) is 5.75 Å². The van der Waals surface area contributed by atoms with Gasteiger partial charge in [-0.05, 0) is 67.8 Å². The Bertz CT molecular complexity index is 742. The van der Waals surface area contributed by atoms with Crippen molar-refractivity contribution in [2.75, 3.05) is 23.3 Å². The van der Waals surface area contributed by atoms with Gasteiger partial charge in [-0.3, -0.25) is 4.79 Å². The fourth-order valence-electron chi connectivity index (χ4n) is 2.94. The summed E-state index contributed by atoms with van der Waals surface area (Å²) in [6.07, 6.45) is 2.42. The average Bonchev–Trinajstić information content (AvgIpc) is 3.11. The molecule has 1 amide bonds. The first-order valence-electron chi connectivity index (χ1n) is 8.25. The minimum Gasteiger partial charge on any atom is -0.435 e. The fourth-order valence-corrected chi connectivity index (χ4v) is 2.94. The van der Waals surface area contributed by atoms with Crippen molar-refractivity contribution in [3.05, 3.63) is 53.6 Å². The van der Waals surface area contributed by atoms with Crippen LogP contribution in [0.25, 0.3) is 0 Å². The first-order chi connectivity index (χ1) is 12.0. The number of carbonyl (C=O) groups is 1. The highest BCUT2D eigenvalue weighted by Gasteiger charge is 2.14. The zero-order valence-electron chi connectivity index (χ0n) is 14.0. The van der Waals surface area contributed by atoms with Crippen molar-refractivity contribution in [2.45, 2.75) is 26.4 Å². The Kier molecular flexibility index (Phi) is 5.16. The third kappa shape index (κ3) is 4.26. The van der Waals surface area contributed by atoms with Crippen LogP contribution in [0.3, 0.4) is 0 Å². The predicted molar refractivity (Wildman–Crippen MR) is 93.7 cm³/mol. The molecular weight excluding hydrogens is 326 g/mol. The summed E-state index contributed by atoms with van der Waals surface area (Å²) >= 11 is 0. The number of hydrogen-bond acceptors (Lipinski definition) is 3. The molecule has 0 aromatic heterocycles. The number of halogens is 2. The summed E-state index contributed by atoms with van der Waals surface area (Å²) in [7, 11) is 0. The molecule has 1 aliphatic heterocycles. The van der Waals surface area contributed by atoms with Gasteiger partial charge in [0.05, 0.1) is 0 Å². The van der Waals surface area contributed by atoms with Crippen LogP contribution in [0.15, 0.2) is 42.5 Å². The molecule has 0 atom stereocenters. The van der Waals surface area contributed by atoms with Crippen molar-refractivity contribution in [1.29, 1.82) is 0 Å². The number of alkyl halides is 2. The number of ether oxygens (including phenoxy) is 1. The molecule has 3 rings (SSSR count). The maximum atomic E-state index is 12.3. The van der Waals surface area contributed by atoms with E-state index >= 15 is 0 Å². The average molecular weight is 346 g/mol. The van der Waals surface area contributed by atoms with Gasteiger partial charge in [0.1, 0.15) is 5.75 Å². The summed E-state index contributed by atoms with van der Waals surface area (Å²) in [6, 6.07) is 11.6. The second kappa shape index (κ2) is 7.51. The maximum Gasteiger partial charge on any atom is 0.387 e. The number of rotatable bonds is 5. The third-order valence-electron chi connectivity index (χ3n) is 4.27. The van der Waals surface area contributed by atoms with Crippen molar-refractivity contribution in [3.8, 4) is 5.75 Å². The van der Waals surface area contributed by atoms with E-state index in [0.29, 0.717) is 5.56 Å². The lowest BCUT2D eigenvalue weighted by atomic mass is 10.1. The van der Waals surface area contributed by atoms with Gasteiger partial charge in [-0.2, -0.15) is 8.78 Å². The van der Waals surface area contributed by atoms with Gasteiger partial charge in [-0.15, -0.1) is 0 Å². The van der Waals surface area contributed by atoms with E-state index in [2.05, 4.69) is 21.0 Å². The van der Waals surface area contributed by atoms with Crippen LogP contribution >= 0.6 is 0 Å². The van der Waals surface area contributed by atoms with Crippen LogP contribution < -0.4 is 15.0 Å². The first-order valence-corrected chi connectivity index (χ1v) is 8.25. The van der Waals surface area contributed by atoms with E-state index in [1.165, 1.54) is 42.8 Å². The Balaban J connectivity index is 1.68. The summed E-state index contributed by atoms with van der Waals surface area (Å²) in [6.45, 7) is 1.21. The molecule has 0 spiro atoms. The molecule has 6 heteroatoms. The van der Waals surface area contributed by atoms with E-state index in [9.17, 15) is 13.6 Å². The molecule has 0 unspecified atom stereocenters. The lowest BCUT2D eigenvalue weighted by Crippen LogP contribution is -2.18. The van der Waals surface area contributed by atoms with Gasteiger partial charge in [0, 0.05) is 30.0 Å². The summed E-state index contributed by atoms with van der Waals surface area (Å²) in [5.74, 6) is -0.265. The van der Waals surface area contributed by atoms with Crippen molar-refractivity contribution in [3.63, 3.8) is 0 Å². The van der Waals surface area contributed by atoms with Crippen LogP contribution in [-0.4, -0.2) is 25.6 Å². The van der Waals surface area contributed by atoms with Gasteiger partial charge < -0.3 is 15.0 Å². The zero-order valence-corrected chi connectivity index (χ0v) is 14.0. The van der Waals surface area contributed by atoms with E-state index in [4.69, 9.17) is 0 Å². The van der Waals surface area contributed by atoms with Crippen LogP contribution in [0.1, 0.15) is 28.8 Å². The van der Waals surface area contributed by atoms with Crippen LogP contribution in [0.4, 0.5) is 20.2 Å². The normalized spacial score (nSPS) is 14.0. The molecular formula is C19H20F2N2O2. The Morgan fingerprint density at radius 3 is 2.40 bits per heavy atom. The highest BCUT2D eigenvalue weighted by molar-refractivity contribution is 6.04. The van der Waals surface area contributed by atoms with Gasteiger partial charge in [0.25, 0.3) is 5.91 Å². The number of hydrogen-bond donors (Lipinski definition) is 1. The summed E-state index contributed by atoms with van der Waals surface area (Å²) in [5.41, 5.74) is 3.27. The van der Waals surface area contributed by atoms with Gasteiger partial charge in [0.2, 0.25) is 0 Å². The molecule has 2 aromatic rings. The van der Waals surface area contributed by atoms with Gasteiger partial charge in [0.15, 0.2) is 0 Å². The monoisotopic (exact) mass is 346 g/mol. The van der Waals surface area contributed by atoms with E-state index < -0.39 is 6.61 Å². The van der Waals surface area contributed by atoms with E-state index in [-0.39, 0.29) is 11.7 Å². The summed E-state index contributed by atoms with van der Waals surface area (Å²) in [5, 5.41) is 2.86. The van der Waals surface area contributed by atoms with E-state index in [1.54, 1.807) is 0 Å². The molecule has 2 aromatic carbocycles. The van der Waals surface area contributed by atoms with Crippen molar-refractivity contribution in [2.24, 2.45) is 0 Å². The minimum absolute atomic E-state index is 0.0256. The van der Waals surface area contributed by atoms with Crippen LogP contribution in [0, 0.1) is 6.92 Å². The number of benzene rings is 2. The van der Waals surface area contributed by atoms with Crippen LogP contribution in [-0.2, 0) is 0 Å². The molecule has 1 fully saturated rings. The summed E-state index contributed by atoms with van der Waals surface area (Å²) < 4.78 is 28.6. The molecule has 0 bridgehead atoms. The Labute approximate surface area is 145 Å². The SMILES string of the molecule is Cc1cc(N2CCCC2)ccc1NC(=O)c1ccc(OC(F)F)cc1. The second-order valence-electron chi connectivity index (χ2n) is 6.05. The Morgan fingerprint density at radius 2 is 1.80 bits per heavy atom. The van der Waals surface area contributed by atoms with Crippen molar-refractivity contribution in [1.82, 2.24) is 0 Å². The molecule has 1 heterocycles. The van der Waals surface area contributed by atoms with Gasteiger partial charge in [-0.1, -0.05) is 0 Å². The maximum absolute atomic E-state index is 12.3. The Morgan fingerprint density at radius 1 is 1.12 bits per heavy atom. The molecule has 0 saturated carbocycles. The Hall–Kier alpha value is -2.63. The number of nitrogens with zero attached hydrogens (tertiary/aromatic N) is 1. The third-order valence-corrected chi connectivity index (χ3v) is 4.27. The van der Waals surface area contributed by atoms with Gasteiger partial charge >= 0.3 is 6.61 Å². The molecule has 1 N–H and O–H groups in total. The number of nitrogens with one attached hydrogen (secondary N) is 1. The van der Waals surface area contributed by atoms with Crippen molar-refractivity contribution >= 4 is 17.3 Å². The second-order valence-corrected chi connectivity index (χ2v) is 6.05. The molecule has 1 saturated heterocycles.